The Hall–Kier alpha value is -2.08. The average Bonchev–Trinajstić information content (AvgIpc) is 2.45. The Morgan fingerprint density at radius 2 is 2.36 bits per heavy atom. The first-order valence-corrected chi connectivity index (χ1v) is 7.60. The van der Waals surface area contributed by atoms with Gasteiger partial charge in [-0.15, -0.1) is 0 Å². The van der Waals surface area contributed by atoms with Gasteiger partial charge in [0.2, 0.25) is 0 Å². The Morgan fingerprint density at radius 1 is 1.59 bits per heavy atom. The van der Waals surface area contributed by atoms with Crippen molar-refractivity contribution in [1.82, 2.24) is 10.6 Å². The molecule has 1 fully saturated rings. The average molecular weight is 318 g/mol. The van der Waals surface area contributed by atoms with E-state index in [1.807, 2.05) is 25.1 Å². The predicted octanol–water partition coefficient (Wildman–Crippen LogP) is 2.14. The third-order valence-electron chi connectivity index (χ3n) is 4.06. The Kier molecular flexibility index (Phi) is 3.56. The van der Waals surface area contributed by atoms with Crippen molar-refractivity contribution in [2.45, 2.75) is 25.6 Å². The van der Waals surface area contributed by atoms with Crippen molar-refractivity contribution in [2.75, 3.05) is 6.61 Å². The minimum absolute atomic E-state index is 0.290. The van der Waals surface area contributed by atoms with Crippen molar-refractivity contribution >= 4 is 29.4 Å². The fourth-order valence-corrected chi connectivity index (χ4v) is 3.46. The summed E-state index contributed by atoms with van der Waals surface area (Å²) in [6.07, 6.45) is 1.74. The van der Waals surface area contributed by atoms with Crippen LogP contribution in [0.5, 0.6) is 5.75 Å². The number of esters is 1. The van der Waals surface area contributed by atoms with Crippen LogP contribution in [0.4, 0.5) is 0 Å². The molecule has 0 saturated carbocycles. The number of thiocarbonyl (C=S) groups is 1. The summed E-state index contributed by atoms with van der Waals surface area (Å²) in [5, 5.41) is 6.70. The monoisotopic (exact) mass is 318 g/mol. The molecule has 0 amide bonds. The minimum atomic E-state index is -0.953. The summed E-state index contributed by atoms with van der Waals surface area (Å²) >= 11 is 5.25. The number of para-hydroxylation sites is 1. The van der Waals surface area contributed by atoms with E-state index in [1.165, 1.54) is 0 Å². The number of hydrogen-bond donors (Lipinski definition) is 2. The zero-order valence-corrected chi connectivity index (χ0v) is 13.3. The Morgan fingerprint density at radius 3 is 3.05 bits per heavy atom. The van der Waals surface area contributed by atoms with E-state index in [0.29, 0.717) is 17.5 Å². The molecule has 2 N–H and O–H groups in total. The zero-order valence-electron chi connectivity index (χ0n) is 12.5. The predicted molar refractivity (Wildman–Crippen MR) is 87.3 cm³/mol. The van der Waals surface area contributed by atoms with Gasteiger partial charge in [-0.25, -0.2) is 0 Å². The smallest absolute Gasteiger partial charge is 0.317 e. The first-order valence-electron chi connectivity index (χ1n) is 7.20. The highest BCUT2D eigenvalue weighted by Crippen LogP contribution is 2.46. The Balaban J connectivity index is 2.14. The van der Waals surface area contributed by atoms with Crippen molar-refractivity contribution in [3.8, 4) is 5.75 Å². The van der Waals surface area contributed by atoms with E-state index in [1.54, 1.807) is 13.0 Å². The van der Waals surface area contributed by atoms with E-state index in [4.69, 9.17) is 21.7 Å². The van der Waals surface area contributed by atoms with Crippen molar-refractivity contribution in [3.63, 3.8) is 0 Å². The highest BCUT2D eigenvalue weighted by atomic mass is 32.1. The van der Waals surface area contributed by atoms with Gasteiger partial charge in [0.1, 0.15) is 11.7 Å². The van der Waals surface area contributed by atoms with Crippen LogP contribution in [0, 0.1) is 5.92 Å². The quantitative estimate of drug-likeness (QED) is 0.658. The molecule has 2 heterocycles. The number of carbonyl (C=O) groups is 1. The SMILES string of the molecule is C=Cc1cccc2c1O[C@@]1(C)NC(=S)N[C@H]2[C@H]1C(=O)OCC. The number of nitrogens with one attached hydrogen (secondary N) is 2. The van der Waals surface area contributed by atoms with Crippen LogP contribution in [0.1, 0.15) is 31.0 Å². The molecule has 0 unspecified atom stereocenters. The van der Waals surface area contributed by atoms with Crippen LogP contribution in [-0.4, -0.2) is 23.4 Å². The molecule has 0 spiro atoms. The third kappa shape index (κ3) is 2.14. The van der Waals surface area contributed by atoms with Crippen molar-refractivity contribution in [3.05, 3.63) is 35.9 Å². The van der Waals surface area contributed by atoms with Crippen LogP contribution in [0.2, 0.25) is 0 Å². The summed E-state index contributed by atoms with van der Waals surface area (Å²) in [7, 11) is 0. The standard InChI is InChI=1S/C16H18N2O3S/c1-4-9-7-6-8-10-12-11(14(19)20-5-2)16(3,21-13(9)10)18-15(22)17-12/h4,6-8,11-12H,1,5H2,2-3H3,(H2,17,18,22)/t11-,12+,16+/m0/s1. The number of fused-ring (bicyclic) bond motifs is 4. The maximum atomic E-state index is 12.4. The van der Waals surface area contributed by atoms with Crippen LogP contribution < -0.4 is 15.4 Å². The van der Waals surface area contributed by atoms with Gasteiger partial charge in [0, 0.05) is 11.1 Å². The molecule has 0 aliphatic carbocycles. The maximum Gasteiger partial charge on any atom is 0.317 e. The van der Waals surface area contributed by atoms with Gasteiger partial charge in [-0.05, 0) is 26.1 Å². The summed E-state index contributed by atoms with van der Waals surface area (Å²) in [6, 6.07) is 5.48. The lowest BCUT2D eigenvalue weighted by atomic mass is 9.80. The number of hydrogen-bond acceptors (Lipinski definition) is 4. The molecule has 2 aliphatic rings. The molecule has 116 valence electrons. The van der Waals surface area contributed by atoms with Gasteiger partial charge in [-0.3, -0.25) is 4.79 Å². The lowest BCUT2D eigenvalue weighted by Crippen LogP contribution is -2.70. The van der Waals surface area contributed by atoms with E-state index >= 15 is 0 Å². The molecule has 2 aliphatic heterocycles. The van der Waals surface area contributed by atoms with E-state index in [9.17, 15) is 4.79 Å². The molecule has 3 atom stereocenters. The summed E-state index contributed by atoms with van der Waals surface area (Å²) < 4.78 is 11.4. The second-order valence-corrected chi connectivity index (χ2v) is 5.89. The van der Waals surface area contributed by atoms with E-state index in [-0.39, 0.29) is 12.0 Å². The molecule has 1 aromatic carbocycles. The van der Waals surface area contributed by atoms with Gasteiger partial charge in [0.25, 0.3) is 0 Å². The number of ether oxygens (including phenoxy) is 2. The van der Waals surface area contributed by atoms with Crippen LogP contribution in [-0.2, 0) is 9.53 Å². The van der Waals surface area contributed by atoms with Gasteiger partial charge in [-0.2, -0.15) is 0 Å². The first-order chi connectivity index (χ1) is 10.5. The fraction of sp³-hybridized carbons (Fsp3) is 0.375. The molecule has 22 heavy (non-hydrogen) atoms. The van der Waals surface area contributed by atoms with Crippen molar-refractivity contribution < 1.29 is 14.3 Å². The van der Waals surface area contributed by atoms with Gasteiger partial charge in [0.15, 0.2) is 10.8 Å². The molecular formula is C16H18N2O3S. The molecule has 0 aromatic heterocycles. The van der Waals surface area contributed by atoms with Crippen LogP contribution in [0.25, 0.3) is 6.08 Å². The van der Waals surface area contributed by atoms with Crippen LogP contribution >= 0.6 is 12.2 Å². The van der Waals surface area contributed by atoms with Gasteiger partial charge in [0.05, 0.1) is 12.6 Å². The van der Waals surface area contributed by atoms with Crippen LogP contribution in [0.3, 0.4) is 0 Å². The maximum absolute atomic E-state index is 12.4. The molecular weight excluding hydrogens is 300 g/mol. The lowest BCUT2D eigenvalue weighted by Gasteiger charge is -2.50. The molecule has 6 heteroatoms. The second-order valence-electron chi connectivity index (χ2n) is 5.48. The highest BCUT2D eigenvalue weighted by Gasteiger charge is 2.55. The van der Waals surface area contributed by atoms with Crippen molar-refractivity contribution in [2.24, 2.45) is 5.92 Å². The van der Waals surface area contributed by atoms with Crippen LogP contribution in [0.15, 0.2) is 24.8 Å². The molecule has 0 radical (unpaired) electrons. The van der Waals surface area contributed by atoms with Gasteiger partial charge >= 0.3 is 5.97 Å². The van der Waals surface area contributed by atoms with E-state index < -0.39 is 11.6 Å². The number of rotatable bonds is 3. The van der Waals surface area contributed by atoms with Gasteiger partial charge < -0.3 is 20.1 Å². The molecule has 5 nitrogen and oxygen atoms in total. The topological polar surface area (TPSA) is 59.6 Å². The largest absolute Gasteiger partial charge is 0.466 e. The number of carbonyl (C=O) groups excluding carboxylic acids is 1. The summed E-state index contributed by atoms with van der Waals surface area (Å²) in [4.78, 5) is 12.4. The molecule has 1 aromatic rings. The Bertz CT molecular complexity index is 661. The fourth-order valence-electron chi connectivity index (χ4n) is 3.13. The minimum Gasteiger partial charge on any atom is -0.466 e. The van der Waals surface area contributed by atoms with E-state index in [0.717, 1.165) is 11.1 Å². The summed E-state index contributed by atoms with van der Waals surface area (Å²) in [6.45, 7) is 7.74. The Labute approximate surface area is 134 Å². The third-order valence-corrected chi connectivity index (χ3v) is 4.28. The summed E-state index contributed by atoms with van der Waals surface area (Å²) in [5.41, 5.74) is 0.815. The summed E-state index contributed by atoms with van der Waals surface area (Å²) in [5.74, 6) is -0.132. The molecule has 1 saturated heterocycles. The molecule has 2 bridgehead atoms. The highest BCUT2D eigenvalue weighted by molar-refractivity contribution is 7.80. The van der Waals surface area contributed by atoms with Crippen molar-refractivity contribution in [1.29, 1.82) is 0 Å². The lowest BCUT2D eigenvalue weighted by molar-refractivity contribution is -0.162. The zero-order chi connectivity index (χ0) is 15.9. The second kappa shape index (κ2) is 5.28. The number of benzene rings is 1. The first kappa shape index (κ1) is 14.8. The van der Waals surface area contributed by atoms with E-state index in [2.05, 4.69) is 17.2 Å². The molecule has 3 rings (SSSR count). The van der Waals surface area contributed by atoms with Gasteiger partial charge in [-0.1, -0.05) is 30.9 Å². The normalized spacial score (nSPS) is 28.5.